The maximum absolute atomic E-state index is 12.5. The smallest absolute Gasteiger partial charge is 0.241 e. The lowest BCUT2D eigenvalue weighted by molar-refractivity contribution is -0.121. The van der Waals surface area contributed by atoms with Crippen LogP contribution >= 0.6 is 11.6 Å². The molecule has 1 aromatic carbocycles. The Morgan fingerprint density at radius 2 is 1.95 bits per heavy atom. The van der Waals surface area contributed by atoms with Crippen LogP contribution in [0.4, 0.5) is 5.69 Å². The number of rotatable bonds is 3. The van der Waals surface area contributed by atoms with Crippen LogP contribution in [0.15, 0.2) is 18.2 Å². The highest BCUT2D eigenvalue weighted by molar-refractivity contribution is 6.31. The van der Waals surface area contributed by atoms with Crippen LogP contribution in [0.2, 0.25) is 5.02 Å². The minimum absolute atomic E-state index is 0.0432. The van der Waals surface area contributed by atoms with Gasteiger partial charge in [-0.05, 0) is 49.8 Å². The van der Waals surface area contributed by atoms with Gasteiger partial charge in [-0.15, -0.1) is 0 Å². The molecule has 0 aliphatic carbocycles. The van der Waals surface area contributed by atoms with Crippen LogP contribution in [0.5, 0.6) is 0 Å². The number of aryl methyl sites for hydroxylation is 1. The number of anilines is 1. The monoisotopic (exact) mass is 308 g/mol. The second-order valence-electron chi connectivity index (χ2n) is 6.52. The van der Waals surface area contributed by atoms with Crippen molar-refractivity contribution in [1.82, 2.24) is 4.90 Å². The van der Waals surface area contributed by atoms with Crippen LogP contribution in [0.3, 0.4) is 0 Å². The van der Waals surface area contributed by atoms with Gasteiger partial charge in [0.15, 0.2) is 0 Å². The van der Waals surface area contributed by atoms with Gasteiger partial charge in [0.2, 0.25) is 5.91 Å². The number of benzene rings is 1. The Bertz CT molecular complexity index is 508. The summed E-state index contributed by atoms with van der Waals surface area (Å²) in [4.78, 5) is 14.8. The van der Waals surface area contributed by atoms with E-state index in [1.807, 2.05) is 32.0 Å². The van der Waals surface area contributed by atoms with E-state index in [1.54, 1.807) is 0 Å². The number of hydrogen-bond acceptors (Lipinski definition) is 2. The normalized spacial score (nSPS) is 24.6. The Kier molecular flexibility index (Phi) is 5.28. The van der Waals surface area contributed by atoms with Gasteiger partial charge in [0, 0.05) is 23.8 Å². The average Bonchev–Trinajstić information content (AvgIpc) is 2.41. The Balaban J connectivity index is 2.04. The number of nitrogens with one attached hydrogen (secondary N) is 1. The predicted molar refractivity (Wildman–Crippen MR) is 88.8 cm³/mol. The lowest BCUT2D eigenvalue weighted by Crippen LogP contribution is -2.48. The fourth-order valence-electron chi connectivity index (χ4n) is 3.16. The SMILES string of the molecule is Cc1ccc(Cl)cc1NC(=O)C(C)N1CC(C)CC(C)C1. The third-order valence-corrected chi connectivity index (χ3v) is 4.52. The molecule has 1 amide bonds. The van der Waals surface area contributed by atoms with E-state index in [-0.39, 0.29) is 11.9 Å². The van der Waals surface area contributed by atoms with Gasteiger partial charge in [0.25, 0.3) is 0 Å². The topological polar surface area (TPSA) is 32.3 Å². The van der Waals surface area contributed by atoms with Crippen LogP contribution < -0.4 is 5.32 Å². The van der Waals surface area contributed by atoms with E-state index in [9.17, 15) is 4.79 Å². The first-order valence-corrected chi connectivity index (χ1v) is 8.05. The highest BCUT2D eigenvalue weighted by Gasteiger charge is 2.28. The number of carbonyl (C=O) groups excluding carboxylic acids is 1. The number of carbonyl (C=O) groups is 1. The molecule has 2 rings (SSSR count). The summed E-state index contributed by atoms with van der Waals surface area (Å²) in [6.45, 7) is 10.5. The Hall–Kier alpha value is -1.06. The summed E-state index contributed by atoms with van der Waals surface area (Å²) in [7, 11) is 0. The molecule has 0 bridgehead atoms. The molecule has 0 radical (unpaired) electrons. The van der Waals surface area contributed by atoms with Crippen LogP contribution in [0.25, 0.3) is 0 Å². The van der Waals surface area contributed by atoms with Crippen LogP contribution in [0.1, 0.15) is 32.8 Å². The molecule has 1 heterocycles. The summed E-state index contributed by atoms with van der Waals surface area (Å²) < 4.78 is 0. The summed E-state index contributed by atoms with van der Waals surface area (Å²) in [5.74, 6) is 1.34. The van der Waals surface area contributed by atoms with Gasteiger partial charge in [-0.25, -0.2) is 0 Å². The van der Waals surface area contributed by atoms with E-state index in [2.05, 4.69) is 24.1 Å². The summed E-state index contributed by atoms with van der Waals surface area (Å²) in [6.07, 6.45) is 1.25. The molecule has 21 heavy (non-hydrogen) atoms. The van der Waals surface area contributed by atoms with Gasteiger partial charge in [-0.3, -0.25) is 9.69 Å². The van der Waals surface area contributed by atoms with Crippen LogP contribution in [-0.2, 0) is 4.79 Å². The Morgan fingerprint density at radius 3 is 2.57 bits per heavy atom. The van der Waals surface area contributed by atoms with Crippen molar-refractivity contribution in [1.29, 1.82) is 0 Å². The van der Waals surface area contributed by atoms with Crippen molar-refractivity contribution >= 4 is 23.2 Å². The van der Waals surface area contributed by atoms with Crippen molar-refractivity contribution in [2.45, 2.75) is 40.2 Å². The zero-order valence-corrected chi connectivity index (χ0v) is 14.1. The first-order valence-electron chi connectivity index (χ1n) is 7.68. The van der Waals surface area contributed by atoms with E-state index in [0.29, 0.717) is 16.9 Å². The predicted octanol–water partition coefficient (Wildman–Crippen LogP) is 3.95. The van der Waals surface area contributed by atoms with Gasteiger partial charge in [0.1, 0.15) is 0 Å². The fraction of sp³-hybridized carbons (Fsp3) is 0.588. The zero-order chi connectivity index (χ0) is 15.6. The Labute approximate surface area is 132 Å². The molecule has 1 fully saturated rings. The van der Waals surface area contributed by atoms with Crippen molar-refractivity contribution in [2.75, 3.05) is 18.4 Å². The molecule has 4 heteroatoms. The molecule has 1 saturated heterocycles. The van der Waals surface area contributed by atoms with Crippen molar-refractivity contribution in [3.8, 4) is 0 Å². The minimum atomic E-state index is -0.117. The maximum atomic E-state index is 12.5. The number of nitrogens with zero attached hydrogens (tertiary/aromatic N) is 1. The molecule has 116 valence electrons. The van der Waals surface area contributed by atoms with Crippen molar-refractivity contribution < 1.29 is 4.79 Å². The number of amides is 1. The lowest BCUT2D eigenvalue weighted by atomic mass is 9.91. The molecule has 3 atom stereocenters. The average molecular weight is 309 g/mol. The second-order valence-corrected chi connectivity index (χ2v) is 6.96. The third kappa shape index (κ3) is 4.21. The lowest BCUT2D eigenvalue weighted by Gasteiger charge is -2.38. The molecule has 1 aliphatic heterocycles. The standard InChI is InChI=1S/C17H25ClN2O/c1-11-7-12(2)10-20(9-11)14(4)17(21)19-16-8-15(18)6-5-13(16)3/h5-6,8,11-12,14H,7,9-10H2,1-4H3,(H,19,21). The molecule has 3 unspecified atom stereocenters. The molecular weight excluding hydrogens is 284 g/mol. The summed E-state index contributed by atoms with van der Waals surface area (Å²) >= 11 is 6.01. The summed E-state index contributed by atoms with van der Waals surface area (Å²) in [5, 5.41) is 3.66. The molecular formula is C17H25ClN2O. The molecule has 0 spiro atoms. The van der Waals surface area contributed by atoms with E-state index < -0.39 is 0 Å². The molecule has 1 aromatic rings. The second kappa shape index (κ2) is 6.80. The largest absolute Gasteiger partial charge is 0.324 e. The van der Waals surface area contributed by atoms with Crippen molar-refractivity contribution in [3.63, 3.8) is 0 Å². The molecule has 0 aromatic heterocycles. The Morgan fingerprint density at radius 1 is 1.33 bits per heavy atom. The summed E-state index contributed by atoms with van der Waals surface area (Å²) in [6, 6.07) is 5.45. The summed E-state index contributed by atoms with van der Waals surface area (Å²) in [5.41, 5.74) is 1.83. The zero-order valence-electron chi connectivity index (χ0n) is 13.3. The molecule has 3 nitrogen and oxygen atoms in total. The first-order chi connectivity index (χ1) is 9.86. The van der Waals surface area contributed by atoms with Crippen molar-refractivity contribution in [3.05, 3.63) is 28.8 Å². The number of piperidine rings is 1. The van der Waals surface area contributed by atoms with Crippen LogP contribution in [0, 0.1) is 18.8 Å². The van der Waals surface area contributed by atoms with Gasteiger partial charge in [-0.2, -0.15) is 0 Å². The van der Waals surface area contributed by atoms with E-state index >= 15 is 0 Å². The van der Waals surface area contributed by atoms with Gasteiger partial charge < -0.3 is 5.32 Å². The highest BCUT2D eigenvalue weighted by atomic mass is 35.5. The number of halogens is 1. The highest BCUT2D eigenvalue weighted by Crippen LogP contribution is 2.24. The number of hydrogen-bond donors (Lipinski definition) is 1. The quantitative estimate of drug-likeness (QED) is 0.917. The third-order valence-electron chi connectivity index (χ3n) is 4.28. The van der Waals surface area contributed by atoms with Gasteiger partial charge in [0.05, 0.1) is 6.04 Å². The van der Waals surface area contributed by atoms with E-state index in [1.165, 1.54) is 6.42 Å². The molecule has 1 aliphatic rings. The molecule has 1 N–H and O–H groups in total. The van der Waals surface area contributed by atoms with E-state index in [4.69, 9.17) is 11.6 Å². The van der Waals surface area contributed by atoms with Gasteiger partial charge >= 0.3 is 0 Å². The van der Waals surface area contributed by atoms with Crippen molar-refractivity contribution in [2.24, 2.45) is 11.8 Å². The van der Waals surface area contributed by atoms with E-state index in [0.717, 1.165) is 24.3 Å². The van der Waals surface area contributed by atoms with Gasteiger partial charge in [-0.1, -0.05) is 31.5 Å². The maximum Gasteiger partial charge on any atom is 0.241 e. The fourth-order valence-corrected chi connectivity index (χ4v) is 3.33. The van der Waals surface area contributed by atoms with Crippen LogP contribution in [-0.4, -0.2) is 29.9 Å². The first kappa shape index (κ1) is 16.3. The number of likely N-dealkylation sites (tertiary alicyclic amines) is 1. The minimum Gasteiger partial charge on any atom is -0.324 e. The molecule has 0 saturated carbocycles.